The lowest BCUT2D eigenvalue weighted by molar-refractivity contribution is -0.124. The van der Waals surface area contributed by atoms with Crippen molar-refractivity contribution in [1.82, 2.24) is 10.2 Å². The molecule has 0 spiro atoms. The third-order valence-corrected chi connectivity index (χ3v) is 3.67. The average molecular weight is 242 g/mol. The Balaban J connectivity index is 2.58. The summed E-state index contributed by atoms with van der Waals surface area (Å²) in [6, 6.07) is 0. The van der Waals surface area contributed by atoms with Crippen LogP contribution in [-0.4, -0.2) is 48.0 Å². The minimum Gasteiger partial charge on any atom is -0.409 e. The van der Waals surface area contributed by atoms with Crippen molar-refractivity contribution in [2.45, 2.75) is 32.2 Å². The first-order chi connectivity index (χ1) is 7.76. The molecule has 1 saturated carbocycles. The number of carbonyl (C=O) groups is 1. The molecule has 1 fully saturated rings. The smallest absolute Gasteiger partial charge is 0.234 e. The first-order valence-electron chi connectivity index (χ1n) is 5.70. The van der Waals surface area contributed by atoms with Crippen LogP contribution in [0.1, 0.15) is 26.7 Å². The summed E-state index contributed by atoms with van der Waals surface area (Å²) in [4.78, 5) is 14.0. The summed E-state index contributed by atoms with van der Waals surface area (Å²) >= 11 is 0. The molecule has 0 aromatic heterocycles. The van der Waals surface area contributed by atoms with Crippen LogP contribution < -0.4 is 11.1 Å². The fourth-order valence-electron chi connectivity index (χ4n) is 1.44. The number of rotatable bonds is 5. The Labute approximate surface area is 102 Å². The molecule has 0 radical (unpaired) electrons. The van der Waals surface area contributed by atoms with Crippen LogP contribution in [0.4, 0.5) is 0 Å². The molecule has 0 aromatic carbocycles. The van der Waals surface area contributed by atoms with Crippen LogP contribution in [0.3, 0.4) is 0 Å². The zero-order chi connectivity index (χ0) is 13.3. The van der Waals surface area contributed by atoms with Crippen molar-refractivity contribution in [3.63, 3.8) is 0 Å². The molecule has 1 aliphatic carbocycles. The van der Waals surface area contributed by atoms with Crippen molar-refractivity contribution in [2.75, 3.05) is 20.6 Å². The van der Waals surface area contributed by atoms with Gasteiger partial charge in [0.1, 0.15) is 5.41 Å². The average Bonchev–Trinajstić information content (AvgIpc) is 3.05. The predicted molar refractivity (Wildman–Crippen MR) is 65.9 cm³/mol. The van der Waals surface area contributed by atoms with E-state index in [4.69, 9.17) is 10.9 Å². The second kappa shape index (κ2) is 4.52. The predicted octanol–water partition coefficient (Wildman–Crippen LogP) is -0.0306. The van der Waals surface area contributed by atoms with Gasteiger partial charge in [-0.3, -0.25) is 4.79 Å². The van der Waals surface area contributed by atoms with Crippen LogP contribution in [0.2, 0.25) is 0 Å². The molecule has 0 heterocycles. The number of amidine groups is 1. The Morgan fingerprint density at radius 2 is 2.06 bits per heavy atom. The van der Waals surface area contributed by atoms with Crippen molar-refractivity contribution in [3.8, 4) is 0 Å². The quantitative estimate of drug-likeness (QED) is 0.273. The second-order valence-corrected chi connectivity index (χ2v) is 5.46. The minimum atomic E-state index is -0.767. The van der Waals surface area contributed by atoms with Gasteiger partial charge in [-0.15, -0.1) is 0 Å². The summed E-state index contributed by atoms with van der Waals surface area (Å²) in [6.07, 6.45) is 1.30. The number of nitrogens with one attached hydrogen (secondary N) is 1. The van der Waals surface area contributed by atoms with Gasteiger partial charge < -0.3 is 21.2 Å². The lowest BCUT2D eigenvalue weighted by atomic mass is 10.0. The van der Waals surface area contributed by atoms with E-state index in [2.05, 4.69) is 10.5 Å². The number of hydrogen-bond acceptors (Lipinski definition) is 4. The number of amides is 1. The Kier molecular flexibility index (Phi) is 3.66. The van der Waals surface area contributed by atoms with Crippen LogP contribution >= 0.6 is 0 Å². The number of oxime groups is 1. The maximum Gasteiger partial charge on any atom is 0.234 e. The van der Waals surface area contributed by atoms with Gasteiger partial charge in [0.15, 0.2) is 5.84 Å². The number of nitrogens with zero attached hydrogens (tertiary/aromatic N) is 2. The van der Waals surface area contributed by atoms with E-state index in [-0.39, 0.29) is 17.3 Å². The number of hydrogen-bond donors (Lipinski definition) is 3. The van der Waals surface area contributed by atoms with Gasteiger partial charge in [-0.05, 0) is 40.8 Å². The topological polar surface area (TPSA) is 91.0 Å². The van der Waals surface area contributed by atoms with Crippen LogP contribution in [0, 0.1) is 5.41 Å². The molecule has 17 heavy (non-hydrogen) atoms. The second-order valence-electron chi connectivity index (χ2n) is 5.46. The highest BCUT2D eigenvalue weighted by Gasteiger charge is 2.54. The number of nitrogens with two attached hydrogens (primary N) is 1. The third kappa shape index (κ3) is 2.69. The summed E-state index contributed by atoms with van der Waals surface area (Å²) in [5.41, 5.74) is 4.65. The van der Waals surface area contributed by atoms with E-state index in [0.29, 0.717) is 19.4 Å². The Hall–Kier alpha value is -1.30. The molecule has 98 valence electrons. The maximum atomic E-state index is 12.0. The molecule has 0 atom stereocenters. The molecular weight excluding hydrogens is 220 g/mol. The molecular formula is C11H22N4O2. The van der Waals surface area contributed by atoms with E-state index in [1.807, 2.05) is 32.8 Å². The van der Waals surface area contributed by atoms with E-state index < -0.39 is 5.41 Å². The SMILES string of the molecule is CN(C)C(C)(C)CNC(=O)C1(C(N)=NO)CC1. The summed E-state index contributed by atoms with van der Waals surface area (Å²) < 4.78 is 0. The van der Waals surface area contributed by atoms with Gasteiger partial charge in [-0.1, -0.05) is 5.16 Å². The monoisotopic (exact) mass is 242 g/mol. The summed E-state index contributed by atoms with van der Waals surface area (Å²) in [7, 11) is 3.92. The molecule has 1 amide bonds. The normalized spacial score (nSPS) is 19.2. The Morgan fingerprint density at radius 3 is 2.41 bits per heavy atom. The van der Waals surface area contributed by atoms with E-state index >= 15 is 0 Å². The first-order valence-corrected chi connectivity index (χ1v) is 5.70. The Bertz CT molecular complexity index is 332. The third-order valence-electron chi connectivity index (χ3n) is 3.67. The highest BCUT2D eigenvalue weighted by Crippen LogP contribution is 2.46. The fourth-order valence-corrected chi connectivity index (χ4v) is 1.44. The lowest BCUT2D eigenvalue weighted by Crippen LogP contribution is -2.51. The van der Waals surface area contributed by atoms with E-state index in [9.17, 15) is 4.79 Å². The zero-order valence-corrected chi connectivity index (χ0v) is 10.9. The highest BCUT2D eigenvalue weighted by atomic mass is 16.4. The van der Waals surface area contributed by atoms with Crippen molar-refractivity contribution in [1.29, 1.82) is 0 Å². The molecule has 0 aliphatic heterocycles. The molecule has 6 heteroatoms. The molecule has 1 rings (SSSR count). The van der Waals surface area contributed by atoms with E-state index in [1.165, 1.54) is 0 Å². The van der Waals surface area contributed by atoms with Gasteiger partial charge >= 0.3 is 0 Å². The fraction of sp³-hybridized carbons (Fsp3) is 0.818. The molecule has 4 N–H and O–H groups in total. The minimum absolute atomic E-state index is 0.0117. The van der Waals surface area contributed by atoms with Gasteiger partial charge in [-0.2, -0.15) is 0 Å². The summed E-state index contributed by atoms with van der Waals surface area (Å²) in [5.74, 6) is -0.139. The van der Waals surface area contributed by atoms with Crippen molar-refractivity contribution in [3.05, 3.63) is 0 Å². The maximum absolute atomic E-state index is 12.0. The van der Waals surface area contributed by atoms with Gasteiger partial charge in [-0.25, -0.2) is 0 Å². The van der Waals surface area contributed by atoms with E-state index in [0.717, 1.165) is 0 Å². The van der Waals surface area contributed by atoms with Crippen molar-refractivity contribution < 1.29 is 10.0 Å². The highest BCUT2D eigenvalue weighted by molar-refractivity contribution is 6.09. The molecule has 1 aliphatic rings. The van der Waals surface area contributed by atoms with Gasteiger partial charge in [0.25, 0.3) is 0 Å². The molecule has 0 saturated heterocycles. The summed E-state index contributed by atoms with van der Waals surface area (Å²) in [5, 5.41) is 14.5. The molecule has 6 nitrogen and oxygen atoms in total. The number of likely N-dealkylation sites (N-methyl/N-ethyl adjacent to an activating group) is 1. The van der Waals surface area contributed by atoms with Crippen molar-refractivity contribution in [2.24, 2.45) is 16.3 Å². The molecule has 0 aromatic rings. The lowest BCUT2D eigenvalue weighted by Gasteiger charge is -2.33. The zero-order valence-electron chi connectivity index (χ0n) is 10.9. The first kappa shape index (κ1) is 13.8. The van der Waals surface area contributed by atoms with Crippen molar-refractivity contribution >= 4 is 11.7 Å². The van der Waals surface area contributed by atoms with Gasteiger partial charge in [0, 0.05) is 12.1 Å². The number of carbonyl (C=O) groups excluding carboxylic acids is 1. The standard InChI is InChI=1S/C11H22N4O2/c1-10(2,15(3)4)7-13-9(16)11(5-6-11)8(12)14-17/h17H,5-7H2,1-4H3,(H2,12,14)(H,13,16). The van der Waals surface area contributed by atoms with Gasteiger partial charge in [0.2, 0.25) is 5.91 Å². The summed E-state index contributed by atoms with van der Waals surface area (Å²) in [6.45, 7) is 4.60. The largest absolute Gasteiger partial charge is 0.409 e. The van der Waals surface area contributed by atoms with Gasteiger partial charge in [0.05, 0.1) is 0 Å². The Morgan fingerprint density at radius 1 is 1.53 bits per heavy atom. The van der Waals surface area contributed by atoms with Crippen LogP contribution in [-0.2, 0) is 4.79 Å². The van der Waals surface area contributed by atoms with Crippen LogP contribution in [0.5, 0.6) is 0 Å². The molecule has 0 bridgehead atoms. The van der Waals surface area contributed by atoms with Crippen LogP contribution in [0.25, 0.3) is 0 Å². The van der Waals surface area contributed by atoms with Crippen LogP contribution in [0.15, 0.2) is 5.16 Å². The molecule has 0 unspecified atom stereocenters. The van der Waals surface area contributed by atoms with E-state index in [1.54, 1.807) is 0 Å².